The van der Waals surface area contributed by atoms with Crippen LogP contribution in [0.4, 0.5) is 4.39 Å². The van der Waals surface area contributed by atoms with Crippen LogP contribution in [0.2, 0.25) is 0 Å². The number of carbonyl (C=O) groups is 2. The molecule has 19 heavy (non-hydrogen) atoms. The minimum absolute atomic E-state index is 0.0189. The zero-order chi connectivity index (χ0) is 14.4. The van der Waals surface area contributed by atoms with Crippen molar-refractivity contribution in [2.75, 3.05) is 13.6 Å². The first-order valence-corrected chi connectivity index (χ1v) is 6.11. The molecule has 1 N–H and O–H groups in total. The molecule has 1 amide bonds. The molecule has 104 valence electrons. The molecule has 0 saturated carbocycles. The summed E-state index contributed by atoms with van der Waals surface area (Å²) in [6.45, 7) is 1.94. The van der Waals surface area contributed by atoms with Crippen molar-refractivity contribution in [3.63, 3.8) is 0 Å². The molecule has 0 aliphatic rings. The number of hydrogen-bond donors (Lipinski definition) is 1. The van der Waals surface area contributed by atoms with Gasteiger partial charge in [-0.15, -0.1) is 0 Å². The summed E-state index contributed by atoms with van der Waals surface area (Å²) < 4.78 is 13.0. The van der Waals surface area contributed by atoms with Crippen LogP contribution in [0.5, 0.6) is 0 Å². The number of carboxylic acid groups (broad SMARTS) is 1. The van der Waals surface area contributed by atoms with Crippen molar-refractivity contribution >= 4 is 11.9 Å². The van der Waals surface area contributed by atoms with Gasteiger partial charge in [-0.05, 0) is 24.1 Å². The summed E-state index contributed by atoms with van der Waals surface area (Å²) >= 11 is 0. The topological polar surface area (TPSA) is 57.6 Å². The van der Waals surface area contributed by atoms with Crippen molar-refractivity contribution in [1.82, 2.24) is 4.90 Å². The van der Waals surface area contributed by atoms with Gasteiger partial charge < -0.3 is 10.0 Å². The first-order valence-electron chi connectivity index (χ1n) is 6.11. The molecule has 1 atom stereocenters. The van der Waals surface area contributed by atoms with E-state index in [1.807, 2.05) is 0 Å². The van der Waals surface area contributed by atoms with E-state index < -0.39 is 11.9 Å². The zero-order valence-corrected chi connectivity index (χ0v) is 11.1. The third-order valence-corrected chi connectivity index (χ3v) is 2.95. The molecule has 0 spiro atoms. The summed E-state index contributed by atoms with van der Waals surface area (Å²) in [6, 6.07) is 6.21. The molecule has 0 bridgehead atoms. The number of aliphatic carboxylic acids is 1. The Morgan fingerprint density at radius 3 is 2.68 bits per heavy atom. The summed E-state index contributed by atoms with van der Waals surface area (Å²) in [5.41, 5.74) is 0.811. The third kappa shape index (κ3) is 5.07. The van der Waals surface area contributed by atoms with E-state index in [1.54, 1.807) is 19.2 Å². The molecule has 4 nitrogen and oxygen atoms in total. The normalized spacial score (nSPS) is 11.9. The van der Waals surface area contributed by atoms with E-state index in [9.17, 15) is 14.0 Å². The molecule has 0 aliphatic heterocycles. The monoisotopic (exact) mass is 267 g/mol. The number of likely N-dealkylation sites (N-methyl/N-ethyl adjacent to an activating group) is 1. The fourth-order valence-electron chi connectivity index (χ4n) is 1.62. The highest BCUT2D eigenvalue weighted by Crippen LogP contribution is 2.07. The number of rotatable bonds is 6. The Morgan fingerprint density at radius 1 is 1.42 bits per heavy atom. The van der Waals surface area contributed by atoms with Crippen LogP contribution in [-0.4, -0.2) is 35.5 Å². The molecular weight excluding hydrogens is 249 g/mol. The molecule has 0 radical (unpaired) electrons. The van der Waals surface area contributed by atoms with Gasteiger partial charge in [0.25, 0.3) is 0 Å². The summed E-state index contributed by atoms with van der Waals surface area (Å²) in [7, 11) is 1.62. The molecule has 1 unspecified atom stereocenters. The van der Waals surface area contributed by atoms with E-state index in [4.69, 9.17) is 5.11 Å². The Morgan fingerprint density at radius 2 is 2.11 bits per heavy atom. The van der Waals surface area contributed by atoms with Crippen LogP contribution >= 0.6 is 0 Å². The van der Waals surface area contributed by atoms with Crippen molar-refractivity contribution in [1.29, 1.82) is 0 Å². The van der Waals surface area contributed by atoms with E-state index in [-0.39, 0.29) is 18.1 Å². The van der Waals surface area contributed by atoms with Gasteiger partial charge in [-0.25, -0.2) is 4.39 Å². The summed E-state index contributed by atoms with van der Waals surface area (Å²) in [5.74, 6) is -2.19. The van der Waals surface area contributed by atoms with Crippen molar-refractivity contribution in [2.45, 2.75) is 19.8 Å². The van der Waals surface area contributed by atoms with Gasteiger partial charge in [0, 0.05) is 20.0 Å². The van der Waals surface area contributed by atoms with E-state index >= 15 is 0 Å². The van der Waals surface area contributed by atoms with Crippen LogP contribution in [0.15, 0.2) is 24.3 Å². The van der Waals surface area contributed by atoms with E-state index in [0.29, 0.717) is 13.0 Å². The largest absolute Gasteiger partial charge is 0.481 e. The van der Waals surface area contributed by atoms with E-state index in [1.165, 1.54) is 24.0 Å². The van der Waals surface area contributed by atoms with Crippen LogP contribution in [0.3, 0.4) is 0 Å². The lowest BCUT2D eigenvalue weighted by Crippen LogP contribution is -2.31. The number of benzene rings is 1. The van der Waals surface area contributed by atoms with Crippen molar-refractivity contribution in [3.8, 4) is 0 Å². The van der Waals surface area contributed by atoms with Crippen LogP contribution in [0.1, 0.15) is 18.9 Å². The Balaban J connectivity index is 2.44. The van der Waals surface area contributed by atoms with Crippen molar-refractivity contribution < 1.29 is 19.1 Å². The number of halogens is 1. The van der Waals surface area contributed by atoms with Crippen LogP contribution in [0, 0.1) is 11.7 Å². The van der Waals surface area contributed by atoms with Gasteiger partial charge in [0.2, 0.25) is 5.91 Å². The smallest absolute Gasteiger partial charge is 0.306 e. The van der Waals surface area contributed by atoms with Crippen molar-refractivity contribution in [2.24, 2.45) is 5.92 Å². The quantitative estimate of drug-likeness (QED) is 0.857. The number of hydrogen-bond acceptors (Lipinski definition) is 2. The highest BCUT2D eigenvalue weighted by atomic mass is 19.1. The molecule has 1 aromatic rings. The second-order valence-corrected chi connectivity index (χ2v) is 4.64. The second kappa shape index (κ2) is 6.87. The fraction of sp³-hybridized carbons (Fsp3) is 0.429. The molecule has 0 aromatic heterocycles. The standard InChI is InChI=1S/C14H18FNO3/c1-10(14(18)19)8-13(17)16(2)7-6-11-4-3-5-12(15)9-11/h3-5,9-10H,6-8H2,1-2H3,(H,18,19). The second-order valence-electron chi connectivity index (χ2n) is 4.64. The van der Waals surface area contributed by atoms with Gasteiger partial charge in [0.05, 0.1) is 5.92 Å². The molecule has 5 heteroatoms. The Bertz CT molecular complexity index is 462. The maximum absolute atomic E-state index is 13.0. The third-order valence-electron chi connectivity index (χ3n) is 2.95. The van der Waals surface area contributed by atoms with Crippen LogP contribution < -0.4 is 0 Å². The number of nitrogens with zero attached hydrogens (tertiary/aromatic N) is 1. The molecule has 1 aromatic carbocycles. The number of carboxylic acids is 1. The summed E-state index contributed by atoms with van der Waals surface area (Å²) in [6.07, 6.45) is 0.524. The molecule has 0 aliphatic carbocycles. The highest BCUT2D eigenvalue weighted by Gasteiger charge is 2.18. The maximum atomic E-state index is 13.0. The SMILES string of the molecule is CC(CC(=O)N(C)CCc1cccc(F)c1)C(=O)O. The molecular formula is C14H18FNO3. The summed E-state index contributed by atoms with van der Waals surface area (Å²) in [4.78, 5) is 23.9. The lowest BCUT2D eigenvalue weighted by Gasteiger charge is -2.18. The van der Waals surface area contributed by atoms with Gasteiger partial charge in [-0.3, -0.25) is 9.59 Å². The average molecular weight is 267 g/mol. The predicted octanol–water partition coefficient (Wildman–Crippen LogP) is 1.94. The predicted molar refractivity (Wildman–Crippen MR) is 69.2 cm³/mol. The van der Waals surface area contributed by atoms with Gasteiger partial charge in [0.15, 0.2) is 0 Å². The van der Waals surface area contributed by atoms with Crippen LogP contribution in [0.25, 0.3) is 0 Å². The fourth-order valence-corrected chi connectivity index (χ4v) is 1.62. The van der Waals surface area contributed by atoms with Crippen molar-refractivity contribution in [3.05, 3.63) is 35.6 Å². The van der Waals surface area contributed by atoms with Gasteiger partial charge in [-0.1, -0.05) is 19.1 Å². The molecule has 0 heterocycles. The summed E-state index contributed by atoms with van der Waals surface area (Å²) in [5, 5.41) is 8.74. The Labute approximate surface area is 111 Å². The molecule has 0 saturated heterocycles. The lowest BCUT2D eigenvalue weighted by atomic mass is 10.1. The Kier molecular flexibility index (Phi) is 5.48. The lowest BCUT2D eigenvalue weighted by molar-refractivity contribution is -0.144. The van der Waals surface area contributed by atoms with Gasteiger partial charge in [0.1, 0.15) is 5.82 Å². The Hall–Kier alpha value is -1.91. The zero-order valence-electron chi connectivity index (χ0n) is 11.1. The first-order chi connectivity index (χ1) is 8.90. The molecule has 0 fully saturated rings. The number of amides is 1. The first kappa shape index (κ1) is 15.1. The maximum Gasteiger partial charge on any atom is 0.306 e. The minimum atomic E-state index is -0.980. The van der Waals surface area contributed by atoms with Gasteiger partial charge in [-0.2, -0.15) is 0 Å². The van der Waals surface area contributed by atoms with Gasteiger partial charge >= 0.3 is 5.97 Å². The highest BCUT2D eigenvalue weighted by molar-refractivity contribution is 5.81. The minimum Gasteiger partial charge on any atom is -0.481 e. The number of carbonyl (C=O) groups excluding carboxylic acids is 1. The average Bonchev–Trinajstić information content (AvgIpc) is 2.35. The van der Waals surface area contributed by atoms with E-state index in [0.717, 1.165) is 5.56 Å². The molecule has 1 rings (SSSR count). The van der Waals surface area contributed by atoms with Crippen LogP contribution in [-0.2, 0) is 16.0 Å². The van der Waals surface area contributed by atoms with E-state index in [2.05, 4.69) is 0 Å².